The van der Waals surface area contributed by atoms with Crippen LogP contribution in [0.15, 0.2) is 12.1 Å². The Morgan fingerprint density at radius 2 is 1.86 bits per heavy atom. The molecule has 0 bridgehead atoms. The van der Waals surface area contributed by atoms with Crippen molar-refractivity contribution in [2.24, 2.45) is 0 Å². The average Bonchev–Trinajstić information content (AvgIpc) is 3.01. The molecule has 122 valence electrons. The SMILES string of the molecule is O=C(NOC1CCCC1)NC(CO)c1cc(F)c(F)c(F)c1. The minimum atomic E-state index is -1.60. The maximum absolute atomic E-state index is 13.2. The number of rotatable bonds is 5. The van der Waals surface area contributed by atoms with Gasteiger partial charge in [-0.15, -0.1) is 0 Å². The summed E-state index contributed by atoms with van der Waals surface area (Å²) in [5.41, 5.74) is 2.09. The molecule has 3 N–H and O–H groups in total. The summed E-state index contributed by atoms with van der Waals surface area (Å²) in [6.07, 6.45) is 3.69. The molecule has 5 nitrogen and oxygen atoms in total. The number of hydroxylamine groups is 1. The molecule has 0 aromatic heterocycles. The van der Waals surface area contributed by atoms with Gasteiger partial charge in [-0.25, -0.2) is 23.4 Å². The topological polar surface area (TPSA) is 70.6 Å². The van der Waals surface area contributed by atoms with E-state index in [1.54, 1.807) is 0 Å². The van der Waals surface area contributed by atoms with E-state index in [4.69, 9.17) is 4.84 Å². The van der Waals surface area contributed by atoms with Crippen LogP contribution in [0.2, 0.25) is 0 Å². The van der Waals surface area contributed by atoms with Gasteiger partial charge in [-0.05, 0) is 30.5 Å². The number of carbonyl (C=O) groups is 1. The Balaban J connectivity index is 1.94. The van der Waals surface area contributed by atoms with Crippen molar-refractivity contribution >= 4 is 6.03 Å². The Morgan fingerprint density at radius 1 is 1.27 bits per heavy atom. The van der Waals surface area contributed by atoms with Gasteiger partial charge in [0.25, 0.3) is 0 Å². The van der Waals surface area contributed by atoms with Crippen LogP contribution in [-0.2, 0) is 4.84 Å². The largest absolute Gasteiger partial charge is 0.394 e. The van der Waals surface area contributed by atoms with Gasteiger partial charge in [0.1, 0.15) is 0 Å². The molecule has 1 atom stereocenters. The summed E-state index contributed by atoms with van der Waals surface area (Å²) in [5.74, 6) is -4.38. The van der Waals surface area contributed by atoms with Crippen molar-refractivity contribution in [2.45, 2.75) is 37.8 Å². The number of hydrogen-bond donors (Lipinski definition) is 3. The molecule has 1 aliphatic rings. The maximum Gasteiger partial charge on any atom is 0.339 e. The van der Waals surface area contributed by atoms with Crippen LogP contribution in [-0.4, -0.2) is 23.8 Å². The molecule has 0 heterocycles. The fraction of sp³-hybridized carbons (Fsp3) is 0.500. The Hall–Kier alpha value is -1.80. The standard InChI is InChI=1S/C14H17F3N2O3/c15-10-5-8(6-11(16)13(10)17)12(7-20)18-14(21)19-22-9-3-1-2-4-9/h5-6,9,12,20H,1-4,7H2,(H2,18,19,21). The van der Waals surface area contributed by atoms with E-state index in [1.165, 1.54) is 0 Å². The molecule has 8 heteroatoms. The fourth-order valence-electron chi connectivity index (χ4n) is 2.34. The average molecular weight is 318 g/mol. The number of benzene rings is 1. The number of nitrogens with one attached hydrogen (secondary N) is 2. The van der Waals surface area contributed by atoms with Crippen molar-refractivity contribution in [2.75, 3.05) is 6.61 Å². The van der Waals surface area contributed by atoms with Gasteiger partial charge in [0, 0.05) is 0 Å². The van der Waals surface area contributed by atoms with E-state index in [1.807, 2.05) is 0 Å². The molecule has 0 spiro atoms. The summed E-state index contributed by atoms with van der Waals surface area (Å²) in [6, 6.07) is -0.401. The summed E-state index contributed by atoms with van der Waals surface area (Å²) in [7, 11) is 0. The highest BCUT2D eigenvalue weighted by molar-refractivity contribution is 5.73. The number of aliphatic hydroxyl groups excluding tert-OH is 1. The van der Waals surface area contributed by atoms with Crippen molar-refractivity contribution in [3.63, 3.8) is 0 Å². The first-order chi connectivity index (χ1) is 10.5. The first-order valence-electron chi connectivity index (χ1n) is 6.98. The van der Waals surface area contributed by atoms with Crippen LogP contribution in [0.3, 0.4) is 0 Å². The predicted molar refractivity (Wildman–Crippen MR) is 71.2 cm³/mol. The molecule has 1 unspecified atom stereocenters. The number of carbonyl (C=O) groups excluding carboxylic acids is 1. The molecule has 0 saturated heterocycles. The molecular weight excluding hydrogens is 301 g/mol. The first-order valence-corrected chi connectivity index (χ1v) is 6.98. The fourth-order valence-corrected chi connectivity index (χ4v) is 2.34. The van der Waals surface area contributed by atoms with E-state index in [0.29, 0.717) is 0 Å². The molecular formula is C14H17F3N2O3. The molecule has 2 amide bonds. The van der Waals surface area contributed by atoms with Crippen LogP contribution in [0.25, 0.3) is 0 Å². The van der Waals surface area contributed by atoms with E-state index in [-0.39, 0.29) is 11.7 Å². The third kappa shape index (κ3) is 4.11. The minimum Gasteiger partial charge on any atom is -0.394 e. The second-order valence-corrected chi connectivity index (χ2v) is 5.13. The van der Waals surface area contributed by atoms with Gasteiger partial charge in [-0.2, -0.15) is 0 Å². The lowest BCUT2D eigenvalue weighted by Gasteiger charge is -2.18. The number of urea groups is 1. The molecule has 2 rings (SSSR count). The van der Waals surface area contributed by atoms with Gasteiger partial charge in [0.2, 0.25) is 0 Å². The Kier molecular flexibility index (Phi) is 5.62. The smallest absolute Gasteiger partial charge is 0.339 e. The highest BCUT2D eigenvalue weighted by atomic mass is 19.2. The maximum atomic E-state index is 13.2. The van der Waals surface area contributed by atoms with Crippen LogP contribution < -0.4 is 10.8 Å². The number of aliphatic hydroxyl groups is 1. The van der Waals surface area contributed by atoms with Crippen molar-refractivity contribution in [3.8, 4) is 0 Å². The number of halogens is 3. The highest BCUT2D eigenvalue weighted by Gasteiger charge is 2.20. The van der Waals surface area contributed by atoms with Crippen molar-refractivity contribution in [3.05, 3.63) is 35.1 Å². The van der Waals surface area contributed by atoms with Crippen LogP contribution in [0.1, 0.15) is 37.3 Å². The van der Waals surface area contributed by atoms with Gasteiger partial charge in [0.05, 0.1) is 18.8 Å². The van der Waals surface area contributed by atoms with E-state index in [2.05, 4.69) is 10.8 Å². The quantitative estimate of drug-likeness (QED) is 0.576. The van der Waals surface area contributed by atoms with Crippen molar-refractivity contribution in [1.82, 2.24) is 10.8 Å². The monoisotopic (exact) mass is 318 g/mol. The molecule has 22 heavy (non-hydrogen) atoms. The van der Waals surface area contributed by atoms with Gasteiger partial charge in [-0.3, -0.25) is 4.84 Å². The Morgan fingerprint density at radius 3 is 2.41 bits per heavy atom. The molecule has 1 aromatic rings. The summed E-state index contributed by atoms with van der Waals surface area (Å²) in [6.45, 7) is -0.610. The summed E-state index contributed by atoms with van der Waals surface area (Å²) in [4.78, 5) is 16.8. The molecule has 0 aliphatic heterocycles. The second kappa shape index (κ2) is 7.46. The lowest BCUT2D eigenvalue weighted by atomic mass is 10.1. The molecule has 1 aromatic carbocycles. The van der Waals surface area contributed by atoms with E-state index in [9.17, 15) is 23.1 Å². The third-order valence-corrected chi connectivity index (χ3v) is 3.52. The Bertz CT molecular complexity index is 513. The van der Waals surface area contributed by atoms with E-state index >= 15 is 0 Å². The molecule has 1 aliphatic carbocycles. The van der Waals surface area contributed by atoms with Gasteiger partial charge in [-0.1, -0.05) is 12.8 Å². The zero-order chi connectivity index (χ0) is 16.1. The third-order valence-electron chi connectivity index (χ3n) is 3.52. The van der Waals surface area contributed by atoms with Crippen LogP contribution in [0, 0.1) is 17.5 Å². The zero-order valence-corrected chi connectivity index (χ0v) is 11.7. The second-order valence-electron chi connectivity index (χ2n) is 5.13. The van der Waals surface area contributed by atoms with Crippen LogP contribution >= 0.6 is 0 Å². The number of amides is 2. The summed E-state index contributed by atoms with van der Waals surface area (Å²) in [5, 5.41) is 11.5. The number of hydrogen-bond acceptors (Lipinski definition) is 3. The summed E-state index contributed by atoms with van der Waals surface area (Å²) < 4.78 is 39.3. The molecule has 1 saturated carbocycles. The minimum absolute atomic E-state index is 0.0564. The lowest BCUT2D eigenvalue weighted by molar-refractivity contribution is -0.000843. The van der Waals surface area contributed by atoms with Crippen LogP contribution in [0.4, 0.5) is 18.0 Å². The van der Waals surface area contributed by atoms with Gasteiger partial charge in [0.15, 0.2) is 17.5 Å². The van der Waals surface area contributed by atoms with E-state index in [0.717, 1.165) is 37.8 Å². The highest BCUT2D eigenvalue weighted by Crippen LogP contribution is 2.21. The van der Waals surface area contributed by atoms with Gasteiger partial charge < -0.3 is 10.4 Å². The van der Waals surface area contributed by atoms with Gasteiger partial charge >= 0.3 is 6.03 Å². The van der Waals surface area contributed by atoms with Crippen molar-refractivity contribution in [1.29, 1.82) is 0 Å². The van der Waals surface area contributed by atoms with Crippen molar-refractivity contribution < 1.29 is 27.9 Å². The van der Waals surface area contributed by atoms with Crippen LogP contribution in [0.5, 0.6) is 0 Å². The Labute approximate surface area is 125 Å². The predicted octanol–water partition coefficient (Wildman–Crippen LogP) is 2.31. The normalized spacial score (nSPS) is 16.5. The lowest BCUT2D eigenvalue weighted by Crippen LogP contribution is -2.40. The summed E-state index contributed by atoms with van der Waals surface area (Å²) >= 11 is 0. The molecule has 0 radical (unpaired) electrons. The first kappa shape index (κ1) is 16.6. The molecule has 1 fully saturated rings. The van der Waals surface area contributed by atoms with E-state index < -0.39 is 36.1 Å². The zero-order valence-electron chi connectivity index (χ0n) is 11.7.